The largest absolute Gasteiger partial charge is 0.493 e. The summed E-state index contributed by atoms with van der Waals surface area (Å²) in [6.45, 7) is 0. The number of methoxy groups -OCH3 is 1. The zero-order valence-electron chi connectivity index (χ0n) is 11.5. The molecule has 0 amide bonds. The average Bonchev–Trinajstić information content (AvgIpc) is 2.56. The Hall–Kier alpha value is -2.39. The van der Waals surface area contributed by atoms with Crippen molar-refractivity contribution in [3.63, 3.8) is 0 Å². The Balaban J connectivity index is 2.12. The van der Waals surface area contributed by atoms with E-state index in [0.29, 0.717) is 16.6 Å². The van der Waals surface area contributed by atoms with Gasteiger partial charge in [0.1, 0.15) is 5.69 Å². The highest BCUT2D eigenvalue weighted by Gasteiger charge is 2.11. The van der Waals surface area contributed by atoms with Gasteiger partial charge in [0, 0.05) is 16.1 Å². The lowest BCUT2D eigenvalue weighted by Gasteiger charge is -2.09. The van der Waals surface area contributed by atoms with E-state index in [2.05, 4.69) is 9.97 Å². The van der Waals surface area contributed by atoms with Gasteiger partial charge < -0.3 is 4.74 Å². The van der Waals surface area contributed by atoms with Crippen molar-refractivity contribution in [1.82, 2.24) is 9.97 Å². The molecule has 104 valence electrons. The van der Waals surface area contributed by atoms with Crippen molar-refractivity contribution in [2.75, 3.05) is 7.11 Å². The second-order valence-corrected chi connectivity index (χ2v) is 4.92. The van der Waals surface area contributed by atoms with E-state index in [-0.39, 0.29) is 0 Å². The molecule has 1 heterocycles. The molecule has 0 aliphatic heterocycles. The van der Waals surface area contributed by atoms with Crippen LogP contribution in [0.15, 0.2) is 60.8 Å². The van der Waals surface area contributed by atoms with Crippen LogP contribution in [0, 0.1) is 0 Å². The second-order valence-electron chi connectivity index (χ2n) is 4.48. The topological polar surface area (TPSA) is 35.0 Å². The lowest BCUT2D eigenvalue weighted by atomic mass is 10.1. The van der Waals surface area contributed by atoms with Crippen molar-refractivity contribution in [2.24, 2.45) is 0 Å². The Morgan fingerprint density at radius 2 is 1.62 bits per heavy atom. The predicted octanol–water partition coefficient (Wildman–Crippen LogP) is 4.47. The maximum absolute atomic E-state index is 5.94. The molecule has 4 heteroatoms. The lowest BCUT2D eigenvalue weighted by molar-refractivity contribution is 0.413. The van der Waals surface area contributed by atoms with Gasteiger partial charge in [-0.3, -0.25) is 0 Å². The van der Waals surface area contributed by atoms with Gasteiger partial charge in [0.15, 0.2) is 11.6 Å². The predicted molar refractivity (Wildman–Crippen MR) is 84.5 cm³/mol. The molecule has 0 saturated heterocycles. The Kier molecular flexibility index (Phi) is 3.84. The number of rotatable bonds is 3. The van der Waals surface area contributed by atoms with Crippen molar-refractivity contribution < 1.29 is 4.74 Å². The van der Waals surface area contributed by atoms with Crippen LogP contribution in [0.4, 0.5) is 0 Å². The highest BCUT2D eigenvalue weighted by molar-refractivity contribution is 6.30. The molecule has 0 unspecified atom stereocenters. The Bertz CT molecular complexity index is 742. The summed E-state index contributed by atoms with van der Waals surface area (Å²) in [7, 11) is 1.61. The summed E-state index contributed by atoms with van der Waals surface area (Å²) in [4.78, 5) is 9.00. The van der Waals surface area contributed by atoms with Crippen LogP contribution in [-0.2, 0) is 0 Å². The van der Waals surface area contributed by atoms with Gasteiger partial charge in [0.05, 0.1) is 13.3 Å². The summed E-state index contributed by atoms with van der Waals surface area (Å²) < 4.78 is 5.36. The van der Waals surface area contributed by atoms with Crippen molar-refractivity contribution in [3.8, 4) is 28.4 Å². The molecule has 21 heavy (non-hydrogen) atoms. The van der Waals surface area contributed by atoms with E-state index in [1.165, 1.54) is 0 Å². The molecular weight excluding hydrogens is 284 g/mol. The Labute approximate surface area is 128 Å². The molecule has 0 saturated carbocycles. The first-order chi connectivity index (χ1) is 10.3. The molecular formula is C17H13ClN2O. The van der Waals surface area contributed by atoms with Crippen molar-refractivity contribution in [3.05, 3.63) is 65.8 Å². The van der Waals surface area contributed by atoms with E-state index in [0.717, 1.165) is 16.8 Å². The van der Waals surface area contributed by atoms with Crippen molar-refractivity contribution >= 4 is 11.6 Å². The standard InChI is InChI=1S/C17H13ClN2O/c1-21-15-11-19-17(13-5-3-2-4-6-13)20-16(15)12-7-9-14(18)10-8-12/h2-11H,1H3. The minimum atomic E-state index is 0.636. The Morgan fingerprint density at radius 1 is 0.905 bits per heavy atom. The second kappa shape index (κ2) is 5.94. The molecule has 0 atom stereocenters. The number of halogens is 1. The highest BCUT2D eigenvalue weighted by atomic mass is 35.5. The fourth-order valence-corrected chi connectivity index (χ4v) is 2.19. The first kappa shape index (κ1) is 13.6. The molecule has 2 aromatic carbocycles. The minimum Gasteiger partial charge on any atom is -0.493 e. The number of aromatic nitrogens is 2. The van der Waals surface area contributed by atoms with Crippen LogP contribution in [0.1, 0.15) is 0 Å². The Morgan fingerprint density at radius 3 is 2.29 bits per heavy atom. The van der Waals surface area contributed by atoms with Crippen molar-refractivity contribution in [1.29, 1.82) is 0 Å². The van der Waals surface area contributed by atoms with Crippen LogP contribution in [-0.4, -0.2) is 17.1 Å². The van der Waals surface area contributed by atoms with Crippen LogP contribution in [0.5, 0.6) is 5.75 Å². The van der Waals surface area contributed by atoms with Gasteiger partial charge in [-0.25, -0.2) is 9.97 Å². The zero-order chi connectivity index (χ0) is 14.7. The first-order valence-electron chi connectivity index (χ1n) is 6.50. The molecule has 0 fully saturated rings. The molecule has 0 radical (unpaired) electrons. The number of benzene rings is 2. The van der Waals surface area contributed by atoms with Crippen LogP contribution < -0.4 is 4.74 Å². The SMILES string of the molecule is COc1cnc(-c2ccccc2)nc1-c1ccc(Cl)cc1. The third-order valence-corrected chi connectivity index (χ3v) is 3.38. The summed E-state index contributed by atoms with van der Waals surface area (Å²) >= 11 is 5.94. The molecule has 0 aliphatic carbocycles. The molecule has 0 N–H and O–H groups in total. The normalized spacial score (nSPS) is 10.4. The third-order valence-electron chi connectivity index (χ3n) is 3.12. The fourth-order valence-electron chi connectivity index (χ4n) is 2.06. The van der Waals surface area contributed by atoms with Gasteiger partial charge >= 0.3 is 0 Å². The monoisotopic (exact) mass is 296 g/mol. The average molecular weight is 297 g/mol. The van der Waals surface area contributed by atoms with Gasteiger partial charge in [0.25, 0.3) is 0 Å². The van der Waals surface area contributed by atoms with Gasteiger partial charge in [-0.05, 0) is 12.1 Å². The maximum Gasteiger partial charge on any atom is 0.163 e. The van der Waals surface area contributed by atoms with Gasteiger partial charge in [-0.2, -0.15) is 0 Å². The number of hydrogen-bond acceptors (Lipinski definition) is 3. The maximum atomic E-state index is 5.94. The van der Waals surface area contributed by atoms with E-state index in [9.17, 15) is 0 Å². The van der Waals surface area contributed by atoms with Gasteiger partial charge in [-0.15, -0.1) is 0 Å². The molecule has 3 nitrogen and oxygen atoms in total. The third kappa shape index (κ3) is 2.88. The van der Waals surface area contributed by atoms with E-state index in [4.69, 9.17) is 16.3 Å². The van der Waals surface area contributed by atoms with Crippen LogP contribution in [0.2, 0.25) is 5.02 Å². The smallest absolute Gasteiger partial charge is 0.163 e. The number of nitrogens with zero attached hydrogens (tertiary/aromatic N) is 2. The number of hydrogen-bond donors (Lipinski definition) is 0. The van der Waals surface area contributed by atoms with Crippen molar-refractivity contribution in [2.45, 2.75) is 0 Å². The molecule has 0 aliphatic rings. The first-order valence-corrected chi connectivity index (χ1v) is 6.88. The zero-order valence-corrected chi connectivity index (χ0v) is 12.2. The van der Waals surface area contributed by atoms with Crippen LogP contribution >= 0.6 is 11.6 Å². The summed E-state index contributed by atoms with van der Waals surface area (Å²) in [6, 6.07) is 17.4. The summed E-state index contributed by atoms with van der Waals surface area (Å²) in [5.41, 5.74) is 2.66. The lowest BCUT2D eigenvalue weighted by Crippen LogP contribution is -1.96. The summed E-state index contributed by atoms with van der Waals surface area (Å²) in [5, 5.41) is 0.690. The van der Waals surface area contributed by atoms with E-state index in [1.54, 1.807) is 13.3 Å². The van der Waals surface area contributed by atoms with E-state index >= 15 is 0 Å². The number of ether oxygens (including phenoxy) is 1. The van der Waals surface area contributed by atoms with E-state index in [1.807, 2.05) is 54.6 Å². The summed E-state index contributed by atoms with van der Waals surface area (Å²) in [6.07, 6.45) is 1.69. The fraction of sp³-hybridized carbons (Fsp3) is 0.0588. The molecule has 0 spiro atoms. The van der Waals surface area contributed by atoms with Gasteiger partial charge in [0.2, 0.25) is 0 Å². The van der Waals surface area contributed by atoms with E-state index < -0.39 is 0 Å². The molecule has 1 aromatic heterocycles. The molecule has 3 rings (SSSR count). The minimum absolute atomic E-state index is 0.636. The van der Waals surface area contributed by atoms with Gasteiger partial charge in [-0.1, -0.05) is 54.1 Å². The molecule has 0 bridgehead atoms. The van der Waals surface area contributed by atoms with Crippen LogP contribution in [0.25, 0.3) is 22.6 Å². The summed E-state index contributed by atoms with van der Waals surface area (Å²) in [5.74, 6) is 1.30. The quantitative estimate of drug-likeness (QED) is 0.715. The molecule has 3 aromatic rings. The van der Waals surface area contributed by atoms with Crippen LogP contribution in [0.3, 0.4) is 0 Å². The highest BCUT2D eigenvalue weighted by Crippen LogP contribution is 2.30.